The predicted molar refractivity (Wildman–Crippen MR) is 125 cm³/mol. The average molecular weight is 507 g/mol. The Morgan fingerprint density at radius 1 is 1.14 bits per heavy atom. The van der Waals surface area contributed by atoms with Crippen molar-refractivity contribution < 1.29 is 37.4 Å². The Morgan fingerprint density at radius 2 is 1.81 bits per heavy atom. The molecule has 1 aliphatic heterocycles. The van der Waals surface area contributed by atoms with Crippen LogP contribution in [0.15, 0.2) is 54.9 Å². The molecule has 3 aromatic rings. The fraction of sp³-hybridized carbons (Fsp3) is 0.320. The summed E-state index contributed by atoms with van der Waals surface area (Å²) in [5.41, 5.74) is 2.53. The molecule has 4 rings (SSSR count). The quantitative estimate of drug-likeness (QED) is 0.451. The van der Waals surface area contributed by atoms with Crippen LogP contribution in [0.1, 0.15) is 30.1 Å². The zero-order valence-electron chi connectivity index (χ0n) is 19.3. The summed E-state index contributed by atoms with van der Waals surface area (Å²) >= 11 is 0. The Bertz CT molecular complexity index is 1210. The molecule has 192 valence electrons. The van der Waals surface area contributed by atoms with Crippen molar-refractivity contribution in [2.24, 2.45) is 0 Å². The minimum Gasteiger partial charge on any atom is -0.475 e. The van der Waals surface area contributed by atoms with Gasteiger partial charge in [-0.1, -0.05) is 24.3 Å². The number of fused-ring (bicyclic) bond motifs is 1. The first-order valence-electron chi connectivity index (χ1n) is 11.1. The normalized spacial score (nSPS) is 16.6. The molecule has 0 bridgehead atoms. The van der Waals surface area contributed by atoms with Gasteiger partial charge in [0.05, 0.1) is 0 Å². The molecule has 11 heteroatoms. The molecule has 2 atom stereocenters. The van der Waals surface area contributed by atoms with Crippen molar-refractivity contribution in [3.8, 4) is 0 Å². The first-order valence-corrected chi connectivity index (χ1v) is 11.1. The number of halogens is 4. The third-order valence-electron chi connectivity index (χ3n) is 5.73. The highest BCUT2D eigenvalue weighted by Gasteiger charge is 2.38. The van der Waals surface area contributed by atoms with Gasteiger partial charge in [-0.3, -0.25) is 9.78 Å². The summed E-state index contributed by atoms with van der Waals surface area (Å²) in [5.74, 6) is -3.50. The van der Waals surface area contributed by atoms with E-state index < -0.39 is 24.1 Å². The maximum Gasteiger partial charge on any atom is 0.490 e. The molecule has 0 aliphatic carbocycles. The third-order valence-corrected chi connectivity index (χ3v) is 5.73. The van der Waals surface area contributed by atoms with E-state index in [1.165, 1.54) is 24.3 Å². The zero-order chi connectivity index (χ0) is 26.5. The number of hydrogen-bond donors (Lipinski definition) is 3. The third kappa shape index (κ3) is 6.69. The molecule has 1 saturated heterocycles. The largest absolute Gasteiger partial charge is 0.490 e. The number of aliphatic carboxylic acids is 1. The number of aliphatic hydroxyl groups excluding tert-OH is 1. The second kappa shape index (κ2) is 11.3. The van der Waals surface area contributed by atoms with Crippen molar-refractivity contribution in [3.63, 3.8) is 0 Å². The lowest BCUT2D eigenvalue weighted by atomic mass is 10.0. The lowest BCUT2D eigenvalue weighted by Crippen LogP contribution is -2.46. The highest BCUT2D eigenvalue weighted by molar-refractivity contribution is 5.95. The number of carbonyl (C=O) groups excluding carboxylic acids is 1. The molecule has 0 spiro atoms. The number of benzene rings is 2. The van der Waals surface area contributed by atoms with Gasteiger partial charge in [-0.25, -0.2) is 9.18 Å². The Kier molecular flexibility index (Phi) is 8.46. The van der Waals surface area contributed by atoms with Crippen LogP contribution in [0.2, 0.25) is 0 Å². The average Bonchev–Trinajstić information content (AvgIpc) is 2.84. The van der Waals surface area contributed by atoms with Crippen LogP contribution in [-0.4, -0.2) is 57.3 Å². The molecule has 1 amide bonds. The van der Waals surface area contributed by atoms with Crippen LogP contribution in [0.3, 0.4) is 0 Å². The van der Waals surface area contributed by atoms with Gasteiger partial charge in [0.1, 0.15) is 5.82 Å². The summed E-state index contributed by atoms with van der Waals surface area (Å²) in [4.78, 5) is 27.6. The molecule has 2 aromatic carbocycles. The van der Waals surface area contributed by atoms with Crippen molar-refractivity contribution >= 4 is 28.3 Å². The van der Waals surface area contributed by atoms with Crippen molar-refractivity contribution in [3.05, 3.63) is 71.8 Å². The number of amides is 1. The molecule has 0 radical (unpaired) electrons. The SMILES string of the molecule is Cc1cncc2cccc(NC3CCCN(C(=O)C(O)c4ccc(F)cc4)C3)c12.O=C(O)C(F)(F)F. The van der Waals surface area contributed by atoms with Crippen LogP contribution >= 0.6 is 0 Å². The summed E-state index contributed by atoms with van der Waals surface area (Å²) in [5, 5.41) is 23.4. The number of aliphatic hydroxyl groups is 1. The van der Waals surface area contributed by atoms with Crippen LogP contribution in [0.25, 0.3) is 10.8 Å². The number of anilines is 1. The summed E-state index contributed by atoms with van der Waals surface area (Å²) < 4.78 is 44.9. The standard InChI is InChI=1S/C23H24FN3O2.C2HF3O2/c1-15-12-25-13-17-4-2-6-20(21(15)17)26-19-5-3-11-27(14-19)23(29)22(28)16-7-9-18(24)10-8-16;3-2(4,5)1(6)7/h2,4,6-10,12-13,19,22,26,28H,3,5,11,14H2,1H3;(H,6,7). The summed E-state index contributed by atoms with van der Waals surface area (Å²) in [6.07, 6.45) is -0.867. The van der Waals surface area contributed by atoms with Gasteiger partial charge in [0.25, 0.3) is 5.91 Å². The maximum atomic E-state index is 13.1. The Morgan fingerprint density at radius 3 is 2.44 bits per heavy atom. The number of nitrogens with one attached hydrogen (secondary N) is 1. The monoisotopic (exact) mass is 507 g/mol. The van der Waals surface area contributed by atoms with E-state index in [-0.39, 0.29) is 11.9 Å². The van der Waals surface area contributed by atoms with Crippen LogP contribution in [0.5, 0.6) is 0 Å². The Balaban J connectivity index is 0.000000454. The molecule has 1 fully saturated rings. The van der Waals surface area contributed by atoms with Crippen LogP contribution in [0.4, 0.5) is 23.2 Å². The lowest BCUT2D eigenvalue weighted by Gasteiger charge is -2.35. The van der Waals surface area contributed by atoms with Gasteiger partial charge >= 0.3 is 12.1 Å². The van der Waals surface area contributed by atoms with Gasteiger partial charge in [-0.05, 0) is 49.1 Å². The summed E-state index contributed by atoms with van der Waals surface area (Å²) in [6.45, 7) is 3.15. The van der Waals surface area contributed by atoms with Crippen LogP contribution < -0.4 is 5.32 Å². The summed E-state index contributed by atoms with van der Waals surface area (Å²) in [7, 11) is 0. The minimum atomic E-state index is -5.08. The number of likely N-dealkylation sites (tertiary alicyclic amines) is 1. The highest BCUT2D eigenvalue weighted by Crippen LogP contribution is 2.28. The minimum absolute atomic E-state index is 0.0892. The Labute approximate surface area is 204 Å². The van der Waals surface area contributed by atoms with Gasteiger partial charge in [-0.15, -0.1) is 0 Å². The van der Waals surface area contributed by atoms with Crippen molar-refractivity contribution in [1.29, 1.82) is 0 Å². The van der Waals surface area contributed by atoms with E-state index in [0.29, 0.717) is 18.7 Å². The number of carbonyl (C=O) groups is 2. The van der Waals surface area contributed by atoms with Crippen molar-refractivity contribution in [2.45, 2.75) is 38.1 Å². The van der Waals surface area contributed by atoms with Crippen LogP contribution in [-0.2, 0) is 9.59 Å². The molecule has 7 nitrogen and oxygen atoms in total. The molecule has 1 aliphatic rings. The van der Waals surface area contributed by atoms with Crippen molar-refractivity contribution in [1.82, 2.24) is 9.88 Å². The molecule has 0 saturated carbocycles. The number of rotatable bonds is 4. The second-order valence-electron chi connectivity index (χ2n) is 8.38. The number of carboxylic acids is 1. The number of hydrogen-bond acceptors (Lipinski definition) is 5. The smallest absolute Gasteiger partial charge is 0.475 e. The lowest BCUT2D eigenvalue weighted by molar-refractivity contribution is -0.192. The first kappa shape index (κ1) is 26.9. The molecular formula is C25H25F4N3O4. The van der Waals surface area contributed by atoms with Gasteiger partial charge in [0, 0.05) is 48.0 Å². The topological polar surface area (TPSA) is 103 Å². The number of aromatic nitrogens is 1. The Hall–Kier alpha value is -3.73. The number of nitrogens with zero attached hydrogens (tertiary/aromatic N) is 2. The van der Waals surface area contributed by atoms with Gasteiger partial charge in [0.2, 0.25) is 0 Å². The molecular weight excluding hydrogens is 482 g/mol. The number of piperidine rings is 1. The maximum absolute atomic E-state index is 13.1. The highest BCUT2D eigenvalue weighted by atomic mass is 19.4. The van der Waals surface area contributed by atoms with E-state index in [1.54, 1.807) is 4.90 Å². The van der Waals surface area contributed by atoms with Gasteiger partial charge in [-0.2, -0.15) is 13.2 Å². The van der Waals surface area contributed by atoms with E-state index >= 15 is 0 Å². The summed E-state index contributed by atoms with van der Waals surface area (Å²) in [6, 6.07) is 11.6. The molecule has 1 aromatic heterocycles. The second-order valence-corrected chi connectivity index (χ2v) is 8.38. The molecule has 2 unspecified atom stereocenters. The van der Waals surface area contributed by atoms with E-state index in [9.17, 15) is 27.5 Å². The van der Waals surface area contributed by atoms with Gasteiger partial charge < -0.3 is 20.4 Å². The van der Waals surface area contributed by atoms with E-state index in [0.717, 1.165) is 34.9 Å². The predicted octanol–water partition coefficient (Wildman–Crippen LogP) is 4.45. The van der Waals surface area contributed by atoms with E-state index in [4.69, 9.17) is 9.90 Å². The van der Waals surface area contributed by atoms with E-state index in [1.807, 2.05) is 37.5 Å². The fourth-order valence-electron chi connectivity index (χ4n) is 4.01. The molecule has 3 N–H and O–H groups in total. The molecule has 36 heavy (non-hydrogen) atoms. The van der Waals surface area contributed by atoms with E-state index in [2.05, 4.69) is 10.3 Å². The fourth-order valence-corrected chi connectivity index (χ4v) is 4.01. The number of aryl methyl sites for hydroxylation is 1. The molecule has 2 heterocycles. The number of carboxylic acid groups (broad SMARTS) is 1. The number of alkyl halides is 3. The van der Waals surface area contributed by atoms with Crippen LogP contribution in [0, 0.1) is 12.7 Å². The zero-order valence-corrected chi connectivity index (χ0v) is 19.3. The van der Waals surface area contributed by atoms with Crippen molar-refractivity contribution in [2.75, 3.05) is 18.4 Å². The first-order chi connectivity index (χ1) is 17.0. The van der Waals surface area contributed by atoms with Gasteiger partial charge in [0.15, 0.2) is 6.10 Å². The number of pyridine rings is 1.